The third-order valence-electron chi connectivity index (χ3n) is 6.52. The lowest BCUT2D eigenvalue weighted by Crippen LogP contribution is -2.23. The third kappa shape index (κ3) is 7.36. The van der Waals surface area contributed by atoms with Crippen molar-refractivity contribution in [2.24, 2.45) is 17.8 Å². The van der Waals surface area contributed by atoms with Gasteiger partial charge in [-0.1, -0.05) is 56.4 Å². The maximum Gasteiger partial charge on any atom is 0.0799 e. The summed E-state index contributed by atoms with van der Waals surface area (Å²) in [5.41, 5.74) is 0.865. The predicted molar refractivity (Wildman–Crippen MR) is 115 cm³/mol. The standard InChI is InChI=1S/C24H43NO2/c1-5-6-9-13-24(2,27)14-12-21-22-17-19(16-20(22)18-23(21)26)11-8-7-10-15-25(3)4/h12,14,16,20-23,26-27H,5-11,13,15,17-18H2,1-4H3/b14-12+/t20-,21+,22-,23+,24-/m0/s1. The van der Waals surface area contributed by atoms with Crippen LogP contribution in [0.15, 0.2) is 23.8 Å². The van der Waals surface area contributed by atoms with Crippen LogP contribution in [0, 0.1) is 17.8 Å². The van der Waals surface area contributed by atoms with Gasteiger partial charge in [0.1, 0.15) is 0 Å². The van der Waals surface area contributed by atoms with Gasteiger partial charge in [0.25, 0.3) is 0 Å². The normalized spacial score (nSPS) is 30.1. The van der Waals surface area contributed by atoms with E-state index in [0.29, 0.717) is 11.8 Å². The van der Waals surface area contributed by atoms with Crippen LogP contribution in [0.3, 0.4) is 0 Å². The Balaban J connectivity index is 1.80. The fourth-order valence-corrected chi connectivity index (χ4v) is 4.88. The average Bonchev–Trinajstić information content (AvgIpc) is 3.09. The lowest BCUT2D eigenvalue weighted by molar-refractivity contribution is 0.0957. The SMILES string of the molecule is CCCCC[C@](C)(O)/C=C/[C@@H]1[C@H]2CC(CCCCCN(C)C)=C[C@H]2C[C@H]1O. The number of aliphatic hydroxyl groups is 2. The van der Waals surface area contributed by atoms with Gasteiger partial charge in [-0.2, -0.15) is 0 Å². The molecule has 3 nitrogen and oxygen atoms in total. The van der Waals surface area contributed by atoms with Crippen LogP contribution in [0.25, 0.3) is 0 Å². The Morgan fingerprint density at radius 2 is 1.96 bits per heavy atom. The second kappa shape index (κ2) is 10.8. The highest BCUT2D eigenvalue weighted by Gasteiger charge is 2.43. The van der Waals surface area contributed by atoms with E-state index in [1.807, 2.05) is 13.0 Å². The number of unbranched alkanes of at least 4 members (excludes halogenated alkanes) is 4. The van der Waals surface area contributed by atoms with Crippen molar-refractivity contribution in [2.75, 3.05) is 20.6 Å². The smallest absolute Gasteiger partial charge is 0.0799 e. The Hall–Kier alpha value is -0.640. The fraction of sp³-hybridized carbons (Fsp3) is 0.833. The Morgan fingerprint density at radius 3 is 2.67 bits per heavy atom. The zero-order chi connectivity index (χ0) is 19.9. The molecule has 2 aliphatic carbocycles. The molecule has 0 saturated heterocycles. The largest absolute Gasteiger partial charge is 0.392 e. The summed E-state index contributed by atoms with van der Waals surface area (Å²) in [5, 5.41) is 21.1. The summed E-state index contributed by atoms with van der Waals surface area (Å²) in [7, 11) is 4.28. The summed E-state index contributed by atoms with van der Waals surface area (Å²) >= 11 is 0. The van der Waals surface area contributed by atoms with Gasteiger partial charge in [-0.15, -0.1) is 0 Å². The number of rotatable bonds is 12. The van der Waals surface area contributed by atoms with Gasteiger partial charge in [0.2, 0.25) is 0 Å². The Kier molecular flexibility index (Phi) is 9.04. The Morgan fingerprint density at radius 1 is 1.19 bits per heavy atom. The minimum atomic E-state index is -0.742. The molecule has 1 saturated carbocycles. The molecule has 0 heterocycles. The predicted octanol–water partition coefficient (Wildman–Crippen LogP) is 4.94. The van der Waals surface area contributed by atoms with E-state index in [2.05, 4.69) is 38.1 Å². The molecular formula is C24H43NO2. The van der Waals surface area contributed by atoms with Crippen LogP contribution in [0.5, 0.6) is 0 Å². The van der Waals surface area contributed by atoms with Crippen molar-refractivity contribution in [2.45, 2.75) is 89.8 Å². The molecule has 2 N–H and O–H groups in total. The molecule has 27 heavy (non-hydrogen) atoms. The third-order valence-corrected chi connectivity index (χ3v) is 6.52. The Labute approximate surface area is 167 Å². The maximum absolute atomic E-state index is 10.6. The van der Waals surface area contributed by atoms with E-state index >= 15 is 0 Å². The van der Waals surface area contributed by atoms with Crippen molar-refractivity contribution in [3.63, 3.8) is 0 Å². The molecule has 0 radical (unpaired) electrons. The van der Waals surface area contributed by atoms with Crippen LogP contribution < -0.4 is 0 Å². The van der Waals surface area contributed by atoms with Crippen LogP contribution >= 0.6 is 0 Å². The first kappa shape index (κ1) is 22.6. The molecule has 1 fully saturated rings. The van der Waals surface area contributed by atoms with Crippen LogP contribution in [-0.2, 0) is 0 Å². The first-order valence-corrected chi connectivity index (χ1v) is 11.3. The molecule has 5 atom stereocenters. The van der Waals surface area contributed by atoms with Crippen molar-refractivity contribution >= 4 is 0 Å². The highest BCUT2D eigenvalue weighted by atomic mass is 16.3. The highest BCUT2D eigenvalue weighted by Crippen LogP contribution is 2.48. The quantitative estimate of drug-likeness (QED) is 0.374. The lowest BCUT2D eigenvalue weighted by Gasteiger charge is -2.22. The van der Waals surface area contributed by atoms with Crippen molar-refractivity contribution in [1.29, 1.82) is 0 Å². The number of nitrogens with zero attached hydrogens (tertiary/aromatic N) is 1. The van der Waals surface area contributed by atoms with E-state index in [9.17, 15) is 10.2 Å². The molecule has 2 rings (SSSR count). The number of hydrogen-bond donors (Lipinski definition) is 2. The summed E-state index contributed by atoms with van der Waals surface area (Å²) in [6, 6.07) is 0. The highest BCUT2D eigenvalue weighted by molar-refractivity contribution is 5.21. The van der Waals surface area contributed by atoms with E-state index < -0.39 is 5.60 Å². The zero-order valence-electron chi connectivity index (χ0n) is 18.2. The molecule has 0 aromatic heterocycles. The van der Waals surface area contributed by atoms with Gasteiger partial charge in [0.05, 0.1) is 11.7 Å². The molecule has 0 unspecified atom stereocenters. The lowest BCUT2D eigenvalue weighted by atomic mass is 9.87. The molecule has 0 aromatic rings. The second-order valence-corrected chi connectivity index (χ2v) is 9.52. The molecule has 2 aliphatic rings. The second-order valence-electron chi connectivity index (χ2n) is 9.52. The van der Waals surface area contributed by atoms with Crippen molar-refractivity contribution in [3.8, 4) is 0 Å². The van der Waals surface area contributed by atoms with Gasteiger partial charge < -0.3 is 15.1 Å². The molecule has 0 bridgehead atoms. The van der Waals surface area contributed by atoms with Gasteiger partial charge in [-0.3, -0.25) is 0 Å². The van der Waals surface area contributed by atoms with Crippen LogP contribution in [0.2, 0.25) is 0 Å². The summed E-state index contributed by atoms with van der Waals surface area (Å²) in [5.74, 6) is 1.28. The number of fused-ring (bicyclic) bond motifs is 1. The van der Waals surface area contributed by atoms with Gasteiger partial charge >= 0.3 is 0 Å². The molecule has 3 heteroatoms. The average molecular weight is 378 g/mol. The molecule has 0 aliphatic heterocycles. The van der Waals surface area contributed by atoms with E-state index in [-0.39, 0.29) is 12.0 Å². The van der Waals surface area contributed by atoms with Crippen LogP contribution in [-0.4, -0.2) is 47.5 Å². The minimum absolute atomic E-state index is 0.204. The molecule has 0 amide bonds. The van der Waals surface area contributed by atoms with Crippen LogP contribution in [0.1, 0.15) is 78.1 Å². The van der Waals surface area contributed by atoms with Gasteiger partial charge in [0.15, 0.2) is 0 Å². The summed E-state index contributed by atoms with van der Waals surface area (Å²) in [6.07, 6.45) is 17.7. The molecular weight excluding hydrogens is 334 g/mol. The number of allylic oxidation sites excluding steroid dienone is 2. The van der Waals surface area contributed by atoms with Gasteiger partial charge in [-0.25, -0.2) is 0 Å². The maximum atomic E-state index is 10.6. The first-order valence-electron chi connectivity index (χ1n) is 11.3. The Bertz CT molecular complexity index is 495. The van der Waals surface area contributed by atoms with E-state index in [4.69, 9.17) is 0 Å². The van der Waals surface area contributed by atoms with Gasteiger partial charge in [-0.05, 0) is 77.9 Å². The summed E-state index contributed by atoms with van der Waals surface area (Å²) in [4.78, 5) is 2.26. The number of aliphatic hydroxyl groups excluding tert-OH is 1. The first-order chi connectivity index (χ1) is 12.8. The van der Waals surface area contributed by atoms with Crippen LogP contribution in [0.4, 0.5) is 0 Å². The van der Waals surface area contributed by atoms with E-state index in [1.54, 1.807) is 5.57 Å². The molecule has 156 valence electrons. The van der Waals surface area contributed by atoms with Crippen molar-refractivity contribution in [3.05, 3.63) is 23.8 Å². The zero-order valence-corrected chi connectivity index (χ0v) is 18.2. The monoisotopic (exact) mass is 377 g/mol. The van der Waals surface area contributed by atoms with E-state index in [1.165, 1.54) is 45.1 Å². The molecule has 0 aromatic carbocycles. The van der Waals surface area contributed by atoms with Gasteiger partial charge in [0, 0.05) is 5.92 Å². The summed E-state index contributed by atoms with van der Waals surface area (Å²) in [6.45, 7) is 5.28. The summed E-state index contributed by atoms with van der Waals surface area (Å²) < 4.78 is 0. The topological polar surface area (TPSA) is 43.7 Å². The molecule has 0 spiro atoms. The minimum Gasteiger partial charge on any atom is -0.392 e. The number of hydrogen-bond acceptors (Lipinski definition) is 3. The van der Waals surface area contributed by atoms with Crippen molar-refractivity contribution < 1.29 is 10.2 Å². The van der Waals surface area contributed by atoms with E-state index in [0.717, 1.165) is 25.7 Å². The van der Waals surface area contributed by atoms with Crippen molar-refractivity contribution in [1.82, 2.24) is 4.90 Å². The fourth-order valence-electron chi connectivity index (χ4n) is 4.88.